The standard InChI is InChI=1S/3C3H6.C2H6O2/c3*1-3-2;3-1-2-4/h3*3H,1H2,2H3;3-4H,1-2H2. The maximum atomic E-state index is 7.62. The summed E-state index contributed by atoms with van der Waals surface area (Å²) < 4.78 is 0. The zero-order valence-corrected chi connectivity index (χ0v) is 9.16. The fourth-order valence-electron chi connectivity index (χ4n) is 0. The number of aliphatic hydroxyl groups is 2. The molecule has 0 aliphatic carbocycles. The summed E-state index contributed by atoms with van der Waals surface area (Å²) in [5.74, 6) is 0. The normalized spacial score (nSPS) is 5.31. The Hall–Kier alpha value is -0.860. The molecule has 0 heterocycles. The number of hydrogen-bond donors (Lipinski definition) is 2. The van der Waals surface area contributed by atoms with Gasteiger partial charge in [0.05, 0.1) is 13.2 Å². The molecule has 0 amide bonds. The minimum atomic E-state index is -0.125. The van der Waals surface area contributed by atoms with Crippen LogP contribution < -0.4 is 0 Å². The van der Waals surface area contributed by atoms with Crippen LogP contribution in [0.2, 0.25) is 0 Å². The molecule has 0 saturated heterocycles. The van der Waals surface area contributed by atoms with E-state index in [0.29, 0.717) is 0 Å². The first kappa shape index (κ1) is 22.7. The smallest absolute Gasteiger partial charge is 0.0662 e. The molecule has 0 aromatic rings. The van der Waals surface area contributed by atoms with Gasteiger partial charge in [-0.25, -0.2) is 0 Å². The molecule has 0 unspecified atom stereocenters. The van der Waals surface area contributed by atoms with Crippen LogP contribution in [-0.2, 0) is 0 Å². The first-order valence-corrected chi connectivity index (χ1v) is 4.09. The van der Waals surface area contributed by atoms with Crippen LogP contribution >= 0.6 is 0 Å². The lowest BCUT2D eigenvalue weighted by Gasteiger charge is -1.70. The lowest BCUT2D eigenvalue weighted by molar-refractivity contribution is 0.186. The highest BCUT2D eigenvalue weighted by Crippen LogP contribution is 1.40. The minimum Gasteiger partial charge on any atom is -0.394 e. The molecule has 0 radical (unpaired) electrons. The Morgan fingerprint density at radius 3 is 0.846 bits per heavy atom. The lowest BCUT2D eigenvalue weighted by Crippen LogP contribution is -1.85. The molecule has 0 spiro atoms. The molecule has 0 aromatic carbocycles. The third-order valence-corrected chi connectivity index (χ3v) is 0.1000. The van der Waals surface area contributed by atoms with Crippen LogP contribution in [0.4, 0.5) is 0 Å². The van der Waals surface area contributed by atoms with E-state index in [0.717, 1.165) is 0 Å². The quantitative estimate of drug-likeness (QED) is 0.621. The van der Waals surface area contributed by atoms with Crippen molar-refractivity contribution in [1.82, 2.24) is 0 Å². The zero-order valence-electron chi connectivity index (χ0n) is 9.16. The van der Waals surface area contributed by atoms with E-state index in [1.54, 1.807) is 18.2 Å². The van der Waals surface area contributed by atoms with E-state index in [2.05, 4.69) is 19.7 Å². The highest BCUT2D eigenvalue weighted by atomic mass is 16.3. The summed E-state index contributed by atoms with van der Waals surface area (Å²) in [7, 11) is 0. The van der Waals surface area contributed by atoms with E-state index >= 15 is 0 Å². The highest BCUT2D eigenvalue weighted by molar-refractivity contribution is 4.52. The minimum absolute atomic E-state index is 0.125. The van der Waals surface area contributed by atoms with Gasteiger partial charge in [-0.3, -0.25) is 0 Å². The lowest BCUT2D eigenvalue weighted by atomic mass is 10.8. The fourth-order valence-corrected chi connectivity index (χ4v) is 0. The zero-order chi connectivity index (χ0) is 11.5. The average Bonchev–Trinajstić information content (AvgIpc) is 2.08. The molecular weight excluding hydrogens is 164 g/mol. The van der Waals surface area contributed by atoms with Crippen molar-refractivity contribution >= 4 is 0 Å². The summed E-state index contributed by atoms with van der Waals surface area (Å²) in [6, 6.07) is 0. The van der Waals surface area contributed by atoms with Gasteiger partial charge in [-0.2, -0.15) is 0 Å². The van der Waals surface area contributed by atoms with E-state index in [4.69, 9.17) is 10.2 Å². The molecule has 0 aromatic heterocycles. The molecule has 13 heavy (non-hydrogen) atoms. The SMILES string of the molecule is C=CC.C=CC.C=CC.OCCO. The van der Waals surface area contributed by atoms with Crippen molar-refractivity contribution in [2.75, 3.05) is 13.2 Å². The summed E-state index contributed by atoms with van der Waals surface area (Å²) in [4.78, 5) is 0. The Balaban J connectivity index is -0.0000000420. The number of rotatable bonds is 1. The van der Waals surface area contributed by atoms with E-state index in [1.165, 1.54) is 0 Å². The van der Waals surface area contributed by atoms with Crippen molar-refractivity contribution in [2.45, 2.75) is 20.8 Å². The van der Waals surface area contributed by atoms with Gasteiger partial charge in [-0.15, -0.1) is 19.7 Å². The molecule has 2 heteroatoms. The van der Waals surface area contributed by atoms with Crippen molar-refractivity contribution in [1.29, 1.82) is 0 Å². The van der Waals surface area contributed by atoms with Crippen LogP contribution in [0.1, 0.15) is 20.8 Å². The molecular formula is C11H24O2. The summed E-state index contributed by atoms with van der Waals surface area (Å²) >= 11 is 0. The molecule has 0 fully saturated rings. The highest BCUT2D eigenvalue weighted by Gasteiger charge is 1.58. The number of allylic oxidation sites excluding steroid dienone is 3. The van der Waals surface area contributed by atoms with Crippen LogP contribution in [0, 0.1) is 0 Å². The Labute approximate surface area is 82.9 Å². The van der Waals surface area contributed by atoms with Crippen molar-refractivity contribution in [3.63, 3.8) is 0 Å². The predicted molar refractivity (Wildman–Crippen MR) is 61.8 cm³/mol. The molecule has 0 atom stereocenters. The molecule has 0 aliphatic heterocycles. The Kier molecular flexibility index (Phi) is 117. The summed E-state index contributed by atoms with van der Waals surface area (Å²) in [6.45, 7) is 15.5. The number of aliphatic hydroxyl groups excluding tert-OH is 2. The van der Waals surface area contributed by atoms with Crippen molar-refractivity contribution in [2.24, 2.45) is 0 Å². The summed E-state index contributed by atoms with van der Waals surface area (Å²) in [6.07, 6.45) is 5.25. The molecule has 2 N–H and O–H groups in total. The van der Waals surface area contributed by atoms with Gasteiger partial charge in [0.2, 0.25) is 0 Å². The van der Waals surface area contributed by atoms with E-state index < -0.39 is 0 Å². The van der Waals surface area contributed by atoms with Crippen molar-refractivity contribution < 1.29 is 10.2 Å². The Morgan fingerprint density at radius 2 is 0.846 bits per heavy atom. The molecule has 0 bridgehead atoms. The predicted octanol–water partition coefficient (Wildman–Crippen LogP) is 2.55. The second-order valence-electron chi connectivity index (χ2n) is 1.67. The van der Waals surface area contributed by atoms with Crippen molar-refractivity contribution in [3.8, 4) is 0 Å². The first-order chi connectivity index (χ1) is 6.16. The van der Waals surface area contributed by atoms with E-state index in [9.17, 15) is 0 Å². The van der Waals surface area contributed by atoms with Crippen LogP contribution in [0.5, 0.6) is 0 Å². The van der Waals surface area contributed by atoms with Crippen LogP contribution in [-0.4, -0.2) is 23.4 Å². The second kappa shape index (κ2) is 66.8. The number of hydrogen-bond acceptors (Lipinski definition) is 2. The van der Waals surface area contributed by atoms with Gasteiger partial charge < -0.3 is 10.2 Å². The fraction of sp³-hybridized carbons (Fsp3) is 0.455. The van der Waals surface area contributed by atoms with E-state index in [1.807, 2.05) is 20.8 Å². The van der Waals surface area contributed by atoms with Gasteiger partial charge in [0.15, 0.2) is 0 Å². The Bertz CT molecular complexity index is 61.9. The van der Waals surface area contributed by atoms with Gasteiger partial charge >= 0.3 is 0 Å². The first-order valence-electron chi connectivity index (χ1n) is 4.09. The molecule has 0 rings (SSSR count). The maximum absolute atomic E-state index is 7.62. The largest absolute Gasteiger partial charge is 0.394 e. The second-order valence-corrected chi connectivity index (χ2v) is 1.67. The van der Waals surface area contributed by atoms with Crippen LogP contribution in [0.3, 0.4) is 0 Å². The van der Waals surface area contributed by atoms with E-state index in [-0.39, 0.29) is 13.2 Å². The van der Waals surface area contributed by atoms with Crippen molar-refractivity contribution in [3.05, 3.63) is 38.0 Å². The third kappa shape index (κ3) is 47500. The maximum Gasteiger partial charge on any atom is 0.0662 e. The van der Waals surface area contributed by atoms with Crippen LogP contribution in [0.25, 0.3) is 0 Å². The van der Waals surface area contributed by atoms with Gasteiger partial charge in [0, 0.05) is 0 Å². The molecule has 0 aliphatic rings. The monoisotopic (exact) mass is 188 g/mol. The van der Waals surface area contributed by atoms with Gasteiger partial charge in [0.1, 0.15) is 0 Å². The summed E-state index contributed by atoms with van der Waals surface area (Å²) in [5.41, 5.74) is 0. The summed E-state index contributed by atoms with van der Waals surface area (Å²) in [5, 5.41) is 15.2. The molecule has 80 valence electrons. The molecule has 0 saturated carbocycles. The molecule has 2 nitrogen and oxygen atoms in total. The third-order valence-electron chi connectivity index (χ3n) is 0.1000. The van der Waals surface area contributed by atoms with Gasteiger partial charge in [-0.1, -0.05) is 18.2 Å². The average molecular weight is 188 g/mol. The topological polar surface area (TPSA) is 40.5 Å². The van der Waals surface area contributed by atoms with Crippen LogP contribution in [0.15, 0.2) is 38.0 Å². The van der Waals surface area contributed by atoms with Gasteiger partial charge in [0.25, 0.3) is 0 Å². The Morgan fingerprint density at radius 1 is 0.769 bits per heavy atom. The van der Waals surface area contributed by atoms with Gasteiger partial charge in [-0.05, 0) is 20.8 Å².